The van der Waals surface area contributed by atoms with Crippen molar-refractivity contribution in [3.8, 4) is 0 Å². The maximum Gasteiger partial charge on any atom is 0.126 e. The third-order valence-electron chi connectivity index (χ3n) is 2.40. The van der Waals surface area contributed by atoms with Gasteiger partial charge in [-0.05, 0) is 32.0 Å². The Hall–Kier alpha value is -1.27. The van der Waals surface area contributed by atoms with Crippen molar-refractivity contribution in [2.24, 2.45) is 0 Å². The number of rotatable bonds is 4. The largest absolute Gasteiger partial charge is 0.744 e. The molecule has 16 heavy (non-hydrogen) atoms. The van der Waals surface area contributed by atoms with Crippen LogP contribution in [0, 0.1) is 0 Å². The van der Waals surface area contributed by atoms with Crippen LogP contribution in [0.15, 0.2) is 23.1 Å². The fourth-order valence-electron chi connectivity index (χ4n) is 1.53. The number of nitrogens with two attached hydrogens (primary N) is 1. The van der Waals surface area contributed by atoms with E-state index in [4.69, 9.17) is 5.73 Å². The smallest absolute Gasteiger partial charge is 0.126 e. The first-order chi connectivity index (χ1) is 7.40. The highest BCUT2D eigenvalue weighted by atomic mass is 32.2. The Morgan fingerprint density at radius 1 is 1.31 bits per heavy atom. The lowest BCUT2D eigenvalue weighted by atomic mass is 10.2. The highest BCUT2D eigenvalue weighted by Crippen LogP contribution is 2.24. The normalized spacial score (nSPS) is 11.4. The lowest BCUT2D eigenvalue weighted by Gasteiger charge is -2.22. The van der Waals surface area contributed by atoms with E-state index in [2.05, 4.69) is 0 Å². The van der Waals surface area contributed by atoms with Gasteiger partial charge in [0.2, 0.25) is 0 Å². The van der Waals surface area contributed by atoms with Crippen LogP contribution in [0.1, 0.15) is 13.8 Å². The van der Waals surface area contributed by atoms with Crippen LogP contribution in [0.2, 0.25) is 0 Å². The van der Waals surface area contributed by atoms with E-state index < -0.39 is 10.1 Å². The van der Waals surface area contributed by atoms with E-state index in [0.717, 1.165) is 13.1 Å². The van der Waals surface area contributed by atoms with E-state index in [0.29, 0.717) is 5.69 Å². The zero-order valence-corrected chi connectivity index (χ0v) is 10.1. The minimum Gasteiger partial charge on any atom is -0.744 e. The Morgan fingerprint density at radius 2 is 1.88 bits per heavy atom. The van der Waals surface area contributed by atoms with Gasteiger partial charge in [-0.15, -0.1) is 0 Å². The Balaban J connectivity index is 3.27. The molecule has 0 fully saturated rings. The lowest BCUT2D eigenvalue weighted by molar-refractivity contribution is 0.463. The van der Waals surface area contributed by atoms with Gasteiger partial charge in [0.15, 0.2) is 0 Å². The molecule has 0 aliphatic heterocycles. The predicted octanol–water partition coefficient (Wildman–Crippen LogP) is 1.02. The average Bonchev–Trinajstić information content (AvgIpc) is 2.20. The SMILES string of the molecule is CCN(CC)c1ccc(N)c(S(=O)(=O)[O-])c1. The Labute approximate surface area is 95.6 Å². The van der Waals surface area contributed by atoms with E-state index in [1.165, 1.54) is 12.1 Å². The van der Waals surface area contributed by atoms with Crippen LogP contribution in [-0.4, -0.2) is 26.1 Å². The molecule has 1 rings (SSSR count). The highest BCUT2D eigenvalue weighted by molar-refractivity contribution is 7.86. The molecule has 0 saturated heterocycles. The third-order valence-corrected chi connectivity index (χ3v) is 3.29. The zero-order chi connectivity index (χ0) is 12.3. The first-order valence-electron chi connectivity index (χ1n) is 5.00. The fourth-order valence-corrected chi connectivity index (χ4v) is 2.15. The van der Waals surface area contributed by atoms with Crippen LogP contribution >= 0.6 is 0 Å². The second kappa shape index (κ2) is 4.71. The molecule has 1 aromatic rings. The molecule has 0 aromatic heterocycles. The average molecular weight is 243 g/mol. The van der Waals surface area contributed by atoms with Gasteiger partial charge in [-0.3, -0.25) is 0 Å². The van der Waals surface area contributed by atoms with Crippen molar-refractivity contribution in [3.63, 3.8) is 0 Å². The van der Waals surface area contributed by atoms with Crippen LogP contribution in [0.3, 0.4) is 0 Å². The quantitative estimate of drug-likeness (QED) is 0.630. The van der Waals surface area contributed by atoms with Gasteiger partial charge in [-0.25, -0.2) is 8.42 Å². The van der Waals surface area contributed by atoms with E-state index >= 15 is 0 Å². The topological polar surface area (TPSA) is 86.5 Å². The first kappa shape index (κ1) is 12.8. The second-order valence-electron chi connectivity index (χ2n) is 3.35. The maximum atomic E-state index is 11.0. The Kier molecular flexibility index (Phi) is 3.77. The first-order valence-corrected chi connectivity index (χ1v) is 6.41. The monoisotopic (exact) mass is 243 g/mol. The summed E-state index contributed by atoms with van der Waals surface area (Å²) in [7, 11) is -4.51. The molecule has 0 saturated carbocycles. The maximum absolute atomic E-state index is 11.0. The summed E-state index contributed by atoms with van der Waals surface area (Å²) in [5.41, 5.74) is 6.14. The summed E-state index contributed by atoms with van der Waals surface area (Å²) in [5.74, 6) is 0. The van der Waals surface area contributed by atoms with Crippen molar-refractivity contribution in [1.29, 1.82) is 0 Å². The van der Waals surface area contributed by atoms with Gasteiger partial charge in [-0.1, -0.05) is 0 Å². The van der Waals surface area contributed by atoms with Gasteiger partial charge in [-0.2, -0.15) is 0 Å². The van der Waals surface area contributed by atoms with Gasteiger partial charge in [0, 0.05) is 24.5 Å². The molecule has 2 N–H and O–H groups in total. The molecule has 0 heterocycles. The van der Waals surface area contributed by atoms with Crippen molar-refractivity contribution in [3.05, 3.63) is 18.2 Å². The van der Waals surface area contributed by atoms with Gasteiger partial charge >= 0.3 is 0 Å². The molecule has 0 atom stereocenters. The molecule has 0 amide bonds. The molecule has 6 heteroatoms. The van der Waals surface area contributed by atoms with Crippen molar-refractivity contribution >= 4 is 21.5 Å². The highest BCUT2D eigenvalue weighted by Gasteiger charge is 2.10. The number of nitrogens with zero attached hydrogens (tertiary/aromatic N) is 1. The molecule has 1 aromatic carbocycles. The lowest BCUT2D eigenvalue weighted by Crippen LogP contribution is -2.22. The summed E-state index contributed by atoms with van der Waals surface area (Å²) in [6, 6.07) is 4.47. The molecule has 0 spiro atoms. The van der Waals surface area contributed by atoms with Crippen LogP contribution in [0.4, 0.5) is 11.4 Å². The summed E-state index contributed by atoms with van der Waals surface area (Å²) < 4.78 is 32.9. The fraction of sp³-hybridized carbons (Fsp3) is 0.400. The number of hydrogen-bond acceptors (Lipinski definition) is 5. The molecule has 0 aliphatic carbocycles. The molecule has 5 nitrogen and oxygen atoms in total. The van der Waals surface area contributed by atoms with Crippen LogP contribution in [-0.2, 0) is 10.1 Å². The van der Waals surface area contributed by atoms with Crippen LogP contribution < -0.4 is 10.6 Å². The van der Waals surface area contributed by atoms with Crippen LogP contribution in [0.25, 0.3) is 0 Å². The molecule has 0 aliphatic rings. The molecular formula is C10H15N2O3S-. The zero-order valence-electron chi connectivity index (χ0n) is 9.30. The summed E-state index contributed by atoms with van der Waals surface area (Å²) in [6.07, 6.45) is 0. The number of anilines is 2. The summed E-state index contributed by atoms with van der Waals surface area (Å²) in [5, 5.41) is 0. The molecule has 0 unspecified atom stereocenters. The Bertz CT molecular complexity index is 467. The summed E-state index contributed by atoms with van der Waals surface area (Å²) >= 11 is 0. The van der Waals surface area contributed by atoms with Crippen molar-refractivity contribution < 1.29 is 13.0 Å². The molecule has 0 radical (unpaired) electrons. The number of hydrogen-bond donors (Lipinski definition) is 1. The standard InChI is InChI=1S/C10H16N2O3S/c1-3-12(4-2)8-5-6-9(11)10(7-8)16(13,14)15/h5-7H,3-4,11H2,1-2H3,(H,13,14,15)/p-1. The van der Waals surface area contributed by atoms with Gasteiger partial charge in [0.1, 0.15) is 10.1 Å². The van der Waals surface area contributed by atoms with E-state index in [1.807, 2.05) is 18.7 Å². The van der Waals surface area contributed by atoms with Crippen LogP contribution in [0.5, 0.6) is 0 Å². The minimum atomic E-state index is -4.51. The van der Waals surface area contributed by atoms with E-state index in [9.17, 15) is 13.0 Å². The van der Waals surface area contributed by atoms with Crippen molar-refractivity contribution in [2.45, 2.75) is 18.7 Å². The minimum absolute atomic E-state index is 0.00842. The van der Waals surface area contributed by atoms with Gasteiger partial charge in [0.25, 0.3) is 0 Å². The summed E-state index contributed by atoms with van der Waals surface area (Å²) in [6.45, 7) is 5.37. The second-order valence-corrected chi connectivity index (χ2v) is 4.70. The predicted molar refractivity (Wildman–Crippen MR) is 62.4 cm³/mol. The van der Waals surface area contributed by atoms with E-state index in [-0.39, 0.29) is 10.6 Å². The van der Waals surface area contributed by atoms with Gasteiger partial charge < -0.3 is 15.2 Å². The van der Waals surface area contributed by atoms with Crippen molar-refractivity contribution in [1.82, 2.24) is 0 Å². The molecular weight excluding hydrogens is 228 g/mol. The number of nitrogen functional groups attached to an aromatic ring is 1. The summed E-state index contributed by atoms with van der Waals surface area (Å²) in [4.78, 5) is 1.59. The van der Waals surface area contributed by atoms with Gasteiger partial charge in [0.05, 0.1) is 4.90 Å². The molecule has 90 valence electrons. The Morgan fingerprint density at radius 3 is 2.31 bits per heavy atom. The number of benzene rings is 1. The third kappa shape index (κ3) is 2.65. The van der Waals surface area contributed by atoms with E-state index in [1.54, 1.807) is 6.07 Å². The van der Waals surface area contributed by atoms with Crippen molar-refractivity contribution in [2.75, 3.05) is 23.7 Å². The molecule has 0 bridgehead atoms.